The third-order valence-corrected chi connectivity index (χ3v) is 6.29. The third-order valence-electron chi connectivity index (χ3n) is 4.15. The van der Waals surface area contributed by atoms with E-state index in [4.69, 9.17) is 9.52 Å². The number of sulfone groups is 1. The quantitative estimate of drug-likeness (QED) is 0.841. The number of aromatic carboxylic acids is 1. The predicted octanol–water partition coefficient (Wildman–Crippen LogP) is 1.60. The number of hydrogen-bond donors (Lipinski definition) is 1. The number of carboxylic acid groups (broad SMARTS) is 1. The van der Waals surface area contributed by atoms with E-state index in [1.54, 1.807) is 0 Å². The molecule has 1 aromatic rings. The van der Waals surface area contributed by atoms with Crippen molar-refractivity contribution in [2.75, 3.05) is 12.8 Å². The van der Waals surface area contributed by atoms with Gasteiger partial charge in [0.1, 0.15) is 22.8 Å². The topological polar surface area (TPSA) is 105 Å². The summed E-state index contributed by atoms with van der Waals surface area (Å²) in [5.74, 6) is -1.56. The first-order valence-corrected chi connectivity index (χ1v) is 9.20. The first-order chi connectivity index (χ1) is 10.7. The van der Waals surface area contributed by atoms with E-state index < -0.39 is 32.7 Å². The normalized spacial score (nSPS) is 15.7. The van der Waals surface area contributed by atoms with E-state index in [2.05, 4.69) is 0 Å². The van der Waals surface area contributed by atoms with Crippen LogP contribution in [-0.2, 0) is 21.2 Å². The molecule has 2 rings (SSSR count). The number of carbonyl (C=O) groups is 2. The molecule has 7 nitrogen and oxygen atoms in total. The largest absolute Gasteiger partial charge is 0.478 e. The molecular formula is C15H21NO6S. The lowest BCUT2D eigenvalue weighted by Gasteiger charge is -2.17. The average molecular weight is 343 g/mol. The summed E-state index contributed by atoms with van der Waals surface area (Å²) >= 11 is 0. The van der Waals surface area contributed by atoms with Gasteiger partial charge in [0, 0.05) is 7.05 Å². The highest BCUT2D eigenvalue weighted by molar-refractivity contribution is 7.92. The lowest BCUT2D eigenvalue weighted by molar-refractivity contribution is -0.127. The number of amides is 1. The maximum absolute atomic E-state index is 12.2. The highest BCUT2D eigenvalue weighted by Gasteiger charge is 2.31. The van der Waals surface area contributed by atoms with Gasteiger partial charge < -0.3 is 14.4 Å². The standard InChI is InChI=1S/C15H21NO6S/c1-10-13(15(18)19)7-11(22-10)8-16(2)14(17)9-23(20,21)12-5-3-4-6-12/h7,12H,3-6,8-9H2,1-2H3,(H,18,19). The Morgan fingerprint density at radius 1 is 1.35 bits per heavy atom. The van der Waals surface area contributed by atoms with Crippen molar-refractivity contribution in [1.29, 1.82) is 0 Å². The van der Waals surface area contributed by atoms with Crippen molar-refractivity contribution >= 4 is 21.7 Å². The van der Waals surface area contributed by atoms with Crippen LogP contribution in [0.15, 0.2) is 10.5 Å². The molecular weight excluding hydrogens is 322 g/mol. The molecule has 128 valence electrons. The van der Waals surface area contributed by atoms with Crippen LogP contribution in [-0.4, -0.2) is 48.4 Å². The van der Waals surface area contributed by atoms with Gasteiger partial charge >= 0.3 is 5.97 Å². The van der Waals surface area contributed by atoms with Gasteiger partial charge in [0.15, 0.2) is 9.84 Å². The maximum atomic E-state index is 12.2. The molecule has 0 radical (unpaired) electrons. The number of rotatable bonds is 6. The molecule has 0 atom stereocenters. The van der Waals surface area contributed by atoms with Gasteiger partial charge in [-0.05, 0) is 25.8 Å². The minimum absolute atomic E-state index is 0.0349. The van der Waals surface area contributed by atoms with Crippen LogP contribution in [0.5, 0.6) is 0 Å². The Balaban J connectivity index is 2.00. The molecule has 1 aromatic heterocycles. The summed E-state index contributed by atoms with van der Waals surface area (Å²) in [7, 11) is -1.95. The van der Waals surface area contributed by atoms with Crippen LogP contribution in [0, 0.1) is 6.92 Å². The molecule has 0 bridgehead atoms. The minimum atomic E-state index is -3.43. The lowest BCUT2D eigenvalue weighted by atomic mass is 10.2. The van der Waals surface area contributed by atoms with Gasteiger partial charge in [0.05, 0.1) is 11.8 Å². The number of aryl methyl sites for hydroxylation is 1. The fourth-order valence-electron chi connectivity index (χ4n) is 2.80. The Morgan fingerprint density at radius 3 is 2.48 bits per heavy atom. The zero-order chi connectivity index (χ0) is 17.2. The molecule has 0 saturated heterocycles. The maximum Gasteiger partial charge on any atom is 0.339 e. The Morgan fingerprint density at radius 2 is 1.96 bits per heavy atom. The van der Waals surface area contributed by atoms with E-state index in [0.29, 0.717) is 18.6 Å². The number of nitrogens with zero attached hydrogens (tertiary/aromatic N) is 1. The van der Waals surface area contributed by atoms with Crippen molar-refractivity contribution in [3.8, 4) is 0 Å². The molecule has 0 aromatic carbocycles. The lowest BCUT2D eigenvalue weighted by Crippen LogP contribution is -2.35. The number of furan rings is 1. The van der Waals surface area contributed by atoms with Crippen molar-refractivity contribution < 1.29 is 27.5 Å². The summed E-state index contributed by atoms with van der Waals surface area (Å²) in [6.45, 7) is 1.56. The van der Waals surface area contributed by atoms with Gasteiger partial charge in [-0.25, -0.2) is 13.2 Å². The molecule has 8 heteroatoms. The summed E-state index contributed by atoms with van der Waals surface area (Å²) in [5, 5.41) is 8.56. The summed E-state index contributed by atoms with van der Waals surface area (Å²) < 4.78 is 29.7. The summed E-state index contributed by atoms with van der Waals surface area (Å²) in [4.78, 5) is 24.4. The van der Waals surface area contributed by atoms with Crippen LogP contribution in [0.25, 0.3) is 0 Å². The van der Waals surface area contributed by atoms with Crippen molar-refractivity contribution in [3.05, 3.63) is 23.2 Å². The van der Waals surface area contributed by atoms with Crippen molar-refractivity contribution in [3.63, 3.8) is 0 Å². The van der Waals surface area contributed by atoms with Gasteiger partial charge in [0.25, 0.3) is 0 Å². The Kier molecular flexibility index (Phi) is 5.13. The van der Waals surface area contributed by atoms with Crippen LogP contribution < -0.4 is 0 Å². The van der Waals surface area contributed by atoms with Crippen molar-refractivity contribution in [1.82, 2.24) is 4.90 Å². The van der Waals surface area contributed by atoms with Gasteiger partial charge in [-0.3, -0.25) is 4.79 Å². The van der Waals surface area contributed by atoms with E-state index in [9.17, 15) is 18.0 Å². The molecule has 1 aliphatic carbocycles. The van der Waals surface area contributed by atoms with Crippen LogP contribution >= 0.6 is 0 Å². The molecule has 1 N–H and O–H groups in total. The highest BCUT2D eigenvalue weighted by Crippen LogP contribution is 2.25. The van der Waals surface area contributed by atoms with E-state index in [0.717, 1.165) is 12.8 Å². The second-order valence-electron chi connectivity index (χ2n) is 5.95. The molecule has 1 aliphatic rings. The molecule has 0 aliphatic heterocycles. The van der Waals surface area contributed by atoms with Crippen LogP contribution in [0.3, 0.4) is 0 Å². The minimum Gasteiger partial charge on any atom is -0.478 e. The highest BCUT2D eigenvalue weighted by atomic mass is 32.2. The van der Waals surface area contributed by atoms with Gasteiger partial charge in [-0.15, -0.1) is 0 Å². The van der Waals surface area contributed by atoms with Crippen LogP contribution in [0.4, 0.5) is 0 Å². The summed E-state index contributed by atoms with van der Waals surface area (Å²) in [6, 6.07) is 1.35. The Hall–Kier alpha value is -1.83. The molecule has 1 saturated carbocycles. The fraction of sp³-hybridized carbons (Fsp3) is 0.600. The van der Waals surface area contributed by atoms with E-state index in [1.165, 1.54) is 24.9 Å². The van der Waals surface area contributed by atoms with E-state index in [1.807, 2.05) is 0 Å². The molecule has 0 spiro atoms. The van der Waals surface area contributed by atoms with Gasteiger partial charge in [-0.2, -0.15) is 0 Å². The van der Waals surface area contributed by atoms with Crippen LogP contribution in [0.2, 0.25) is 0 Å². The SMILES string of the molecule is Cc1oc(CN(C)C(=O)CS(=O)(=O)C2CCCC2)cc1C(=O)O. The van der Waals surface area contributed by atoms with Crippen molar-refractivity contribution in [2.24, 2.45) is 0 Å². The molecule has 23 heavy (non-hydrogen) atoms. The van der Waals surface area contributed by atoms with Crippen molar-refractivity contribution in [2.45, 2.75) is 44.4 Å². The second kappa shape index (κ2) is 6.74. The monoisotopic (exact) mass is 343 g/mol. The number of carbonyl (C=O) groups excluding carboxylic acids is 1. The number of hydrogen-bond acceptors (Lipinski definition) is 5. The zero-order valence-electron chi connectivity index (χ0n) is 13.2. The first-order valence-electron chi connectivity index (χ1n) is 7.49. The second-order valence-corrected chi connectivity index (χ2v) is 8.23. The predicted molar refractivity (Wildman–Crippen MR) is 82.9 cm³/mol. The third kappa shape index (κ3) is 4.13. The summed E-state index contributed by atoms with van der Waals surface area (Å²) in [6.07, 6.45) is 3.02. The van der Waals surface area contributed by atoms with Gasteiger partial charge in [-0.1, -0.05) is 12.8 Å². The van der Waals surface area contributed by atoms with Gasteiger partial charge in [0.2, 0.25) is 5.91 Å². The molecule has 1 amide bonds. The molecule has 1 fully saturated rings. The smallest absolute Gasteiger partial charge is 0.339 e. The average Bonchev–Trinajstić information content (AvgIpc) is 3.07. The fourth-order valence-corrected chi connectivity index (χ4v) is 4.66. The first kappa shape index (κ1) is 17.5. The molecule has 1 heterocycles. The van der Waals surface area contributed by atoms with E-state index >= 15 is 0 Å². The Labute approximate surface area is 135 Å². The van der Waals surface area contributed by atoms with E-state index in [-0.39, 0.29) is 17.9 Å². The molecule has 0 unspecified atom stereocenters. The Bertz CT molecular complexity index is 700. The summed E-state index contributed by atoms with van der Waals surface area (Å²) in [5.41, 5.74) is 0.0411. The number of carboxylic acids is 1. The zero-order valence-corrected chi connectivity index (χ0v) is 14.1. The van der Waals surface area contributed by atoms with Crippen LogP contribution in [0.1, 0.15) is 47.6 Å².